The summed E-state index contributed by atoms with van der Waals surface area (Å²) in [5, 5.41) is 10.1. The fourth-order valence-electron chi connectivity index (χ4n) is 5.82. The molecule has 2 aliphatic carbocycles. The molecule has 0 heterocycles. The Labute approximate surface area is 188 Å². The Kier molecular flexibility index (Phi) is 8.30. The van der Waals surface area contributed by atoms with Gasteiger partial charge in [0.15, 0.2) is 8.32 Å². The summed E-state index contributed by atoms with van der Waals surface area (Å²) in [5.41, 5.74) is -0.318. The number of hydrogen-bond acceptors (Lipinski definition) is 2. The molecule has 30 heavy (non-hydrogen) atoms. The molecule has 174 valence electrons. The van der Waals surface area contributed by atoms with Gasteiger partial charge in [-0.25, -0.2) is 0 Å². The highest BCUT2D eigenvalue weighted by atomic mass is 28.4. The van der Waals surface area contributed by atoms with Crippen molar-refractivity contribution in [1.82, 2.24) is 0 Å². The zero-order valence-corrected chi connectivity index (χ0v) is 22.4. The van der Waals surface area contributed by atoms with Crippen molar-refractivity contribution in [2.75, 3.05) is 0 Å². The van der Waals surface area contributed by atoms with Gasteiger partial charge in [-0.05, 0) is 87.3 Å². The predicted molar refractivity (Wildman–Crippen MR) is 133 cm³/mol. The van der Waals surface area contributed by atoms with Gasteiger partial charge in [-0.1, -0.05) is 71.8 Å². The molecule has 3 heteroatoms. The number of hydrogen-bond donors (Lipinski definition) is 1. The molecule has 2 rings (SSSR count). The van der Waals surface area contributed by atoms with Crippen LogP contribution in [0.15, 0.2) is 24.3 Å². The Morgan fingerprint density at radius 1 is 1.07 bits per heavy atom. The SMILES string of the molecule is CC(CC=CC=CC(C)(C)O)C1CCC[C@H]2[C@@H](O[Si](C)(C)C(C)(C)C)CCC[C@]12C. The molecule has 5 atom stereocenters. The van der Waals surface area contributed by atoms with Crippen LogP contribution >= 0.6 is 0 Å². The van der Waals surface area contributed by atoms with Crippen LogP contribution in [0.1, 0.15) is 93.4 Å². The first-order valence-corrected chi connectivity index (χ1v) is 15.3. The molecule has 0 aliphatic heterocycles. The fourth-order valence-corrected chi connectivity index (χ4v) is 7.21. The van der Waals surface area contributed by atoms with Gasteiger partial charge < -0.3 is 9.53 Å². The van der Waals surface area contributed by atoms with Gasteiger partial charge in [-0.3, -0.25) is 0 Å². The van der Waals surface area contributed by atoms with Crippen molar-refractivity contribution >= 4 is 8.32 Å². The van der Waals surface area contributed by atoms with Crippen LogP contribution in [0.2, 0.25) is 18.1 Å². The molecule has 2 fully saturated rings. The molecule has 0 radical (unpaired) electrons. The lowest BCUT2D eigenvalue weighted by molar-refractivity contribution is -0.0862. The quantitative estimate of drug-likeness (QED) is 0.326. The topological polar surface area (TPSA) is 29.5 Å². The van der Waals surface area contributed by atoms with E-state index in [1.807, 2.05) is 26.0 Å². The third kappa shape index (κ3) is 6.33. The molecule has 2 nitrogen and oxygen atoms in total. The lowest BCUT2D eigenvalue weighted by atomic mass is 9.52. The summed E-state index contributed by atoms with van der Waals surface area (Å²) in [5.74, 6) is 2.20. The fraction of sp³-hybridized carbons (Fsp3) is 0.852. The van der Waals surface area contributed by atoms with Crippen LogP contribution in [0.25, 0.3) is 0 Å². The number of allylic oxidation sites excluding steroid dienone is 3. The van der Waals surface area contributed by atoms with E-state index in [1.54, 1.807) is 0 Å². The van der Waals surface area contributed by atoms with E-state index in [1.165, 1.54) is 38.5 Å². The van der Waals surface area contributed by atoms with Gasteiger partial charge in [0.1, 0.15) is 0 Å². The van der Waals surface area contributed by atoms with Crippen molar-refractivity contribution < 1.29 is 9.53 Å². The number of rotatable bonds is 7. The largest absolute Gasteiger partial charge is 0.414 e. The average Bonchev–Trinajstić information content (AvgIpc) is 2.58. The van der Waals surface area contributed by atoms with Crippen molar-refractivity contribution in [2.24, 2.45) is 23.2 Å². The maximum atomic E-state index is 9.82. The van der Waals surface area contributed by atoms with Crippen LogP contribution in [-0.2, 0) is 4.43 Å². The summed E-state index contributed by atoms with van der Waals surface area (Å²) in [6.45, 7) is 20.6. The van der Waals surface area contributed by atoms with Gasteiger partial charge in [0, 0.05) is 6.10 Å². The Morgan fingerprint density at radius 2 is 1.73 bits per heavy atom. The van der Waals surface area contributed by atoms with Crippen LogP contribution in [0.3, 0.4) is 0 Å². The summed E-state index contributed by atoms with van der Waals surface area (Å²) in [4.78, 5) is 0. The standard InChI is InChI=1S/C27H50O2Si/c1-21(15-11-10-12-19-26(5,6)28)22-16-13-17-23-24(18-14-20-27(22,23)7)29-30(8,9)25(2,3)4/h10-12,19,21-24,28H,13-18,20H2,1-9H3/t21?,22?,23-,24-,27+/m0/s1. The molecule has 2 aliphatic rings. The first-order valence-electron chi connectivity index (χ1n) is 12.4. The number of aliphatic hydroxyl groups is 1. The molecule has 0 amide bonds. The van der Waals surface area contributed by atoms with E-state index in [-0.39, 0.29) is 5.04 Å². The Hall–Kier alpha value is -0.383. The van der Waals surface area contributed by atoms with E-state index in [2.05, 4.69) is 59.9 Å². The van der Waals surface area contributed by atoms with Gasteiger partial charge in [0.2, 0.25) is 0 Å². The van der Waals surface area contributed by atoms with E-state index in [0.717, 1.165) is 18.3 Å². The summed E-state index contributed by atoms with van der Waals surface area (Å²) in [7, 11) is -1.74. The third-order valence-electron chi connectivity index (χ3n) is 8.58. The average molecular weight is 435 g/mol. The minimum Gasteiger partial charge on any atom is -0.414 e. The molecule has 2 unspecified atom stereocenters. The van der Waals surface area contributed by atoms with Crippen LogP contribution in [0.4, 0.5) is 0 Å². The molecule has 0 aromatic carbocycles. The summed E-state index contributed by atoms with van der Waals surface area (Å²) < 4.78 is 7.04. The van der Waals surface area contributed by atoms with Crippen LogP contribution in [-0.4, -0.2) is 25.1 Å². The molecule has 0 aromatic rings. The second kappa shape index (κ2) is 9.63. The van der Waals surface area contributed by atoms with E-state index < -0.39 is 13.9 Å². The van der Waals surface area contributed by atoms with Crippen molar-refractivity contribution in [1.29, 1.82) is 0 Å². The highest BCUT2D eigenvalue weighted by Crippen LogP contribution is 2.57. The highest BCUT2D eigenvalue weighted by molar-refractivity contribution is 6.74. The van der Waals surface area contributed by atoms with Crippen molar-refractivity contribution in [3.63, 3.8) is 0 Å². The summed E-state index contributed by atoms with van der Waals surface area (Å²) in [6.07, 6.45) is 17.9. The van der Waals surface area contributed by atoms with Crippen LogP contribution < -0.4 is 0 Å². The van der Waals surface area contributed by atoms with Crippen molar-refractivity contribution in [2.45, 2.75) is 123 Å². The maximum absolute atomic E-state index is 9.82. The van der Waals surface area contributed by atoms with Gasteiger partial charge in [0.05, 0.1) is 5.60 Å². The van der Waals surface area contributed by atoms with E-state index in [4.69, 9.17) is 4.43 Å². The van der Waals surface area contributed by atoms with Gasteiger partial charge >= 0.3 is 0 Å². The zero-order chi connectivity index (χ0) is 22.8. The molecular formula is C27H50O2Si. The van der Waals surface area contributed by atoms with Crippen LogP contribution in [0, 0.1) is 23.2 Å². The monoisotopic (exact) mass is 434 g/mol. The van der Waals surface area contributed by atoms with Crippen LogP contribution in [0.5, 0.6) is 0 Å². The molecule has 0 bridgehead atoms. The second-order valence-electron chi connectivity index (χ2n) is 12.6. The second-order valence-corrected chi connectivity index (χ2v) is 17.4. The molecule has 1 N–H and O–H groups in total. The Bertz CT molecular complexity index is 607. The normalized spacial score (nSPS) is 32.5. The van der Waals surface area contributed by atoms with E-state index >= 15 is 0 Å². The van der Waals surface area contributed by atoms with Gasteiger partial charge in [-0.15, -0.1) is 0 Å². The summed E-state index contributed by atoms with van der Waals surface area (Å²) >= 11 is 0. The lowest BCUT2D eigenvalue weighted by Crippen LogP contribution is -2.54. The molecule has 2 saturated carbocycles. The Morgan fingerprint density at radius 3 is 2.33 bits per heavy atom. The van der Waals surface area contributed by atoms with Crippen molar-refractivity contribution in [3.05, 3.63) is 24.3 Å². The number of fused-ring (bicyclic) bond motifs is 1. The first kappa shape index (κ1) is 25.9. The minimum atomic E-state index is -1.74. The van der Waals surface area contributed by atoms with Crippen molar-refractivity contribution in [3.8, 4) is 0 Å². The maximum Gasteiger partial charge on any atom is 0.192 e. The zero-order valence-electron chi connectivity index (χ0n) is 21.4. The lowest BCUT2D eigenvalue weighted by Gasteiger charge is -2.56. The minimum absolute atomic E-state index is 0.281. The molecular weight excluding hydrogens is 384 g/mol. The molecule has 0 spiro atoms. The van der Waals surface area contributed by atoms with E-state index in [9.17, 15) is 5.11 Å². The molecule has 0 aromatic heterocycles. The first-order chi connectivity index (χ1) is 13.7. The Balaban J connectivity index is 2.09. The third-order valence-corrected chi connectivity index (χ3v) is 13.1. The smallest absolute Gasteiger partial charge is 0.192 e. The highest BCUT2D eigenvalue weighted by Gasteiger charge is 2.52. The summed E-state index contributed by atoms with van der Waals surface area (Å²) in [6, 6.07) is 0. The van der Waals surface area contributed by atoms with Gasteiger partial charge in [-0.2, -0.15) is 0 Å². The predicted octanol–water partition coefficient (Wildman–Crippen LogP) is 7.89. The molecule has 0 saturated heterocycles. The van der Waals surface area contributed by atoms with Gasteiger partial charge in [0.25, 0.3) is 0 Å². The van der Waals surface area contributed by atoms with E-state index in [0.29, 0.717) is 17.4 Å².